The van der Waals surface area contributed by atoms with E-state index in [0.717, 1.165) is 11.8 Å². The molecule has 0 fully saturated rings. The minimum atomic E-state index is -4.52. The zero-order chi connectivity index (χ0) is 14.5. The van der Waals surface area contributed by atoms with Crippen LogP contribution >= 0.6 is 11.8 Å². The number of hydrogen-bond donors (Lipinski definition) is 3. The Balaban J connectivity index is 2.25. The second kappa shape index (κ2) is 6.41. The first kappa shape index (κ1) is 15.3. The van der Waals surface area contributed by atoms with Gasteiger partial charge in [0.15, 0.2) is 0 Å². The van der Waals surface area contributed by atoms with Gasteiger partial charge in [-0.1, -0.05) is 11.8 Å². The maximum atomic E-state index is 11.8. The first-order valence-electron chi connectivity index (χ1n) is 4.92. The Bertz CT molecular complexity index is 461. The molecule has 0 aliphatic heterocycles. The molecule has 0 bridgehead atoms. The van der Waals surface area contributed by atoms with Gasteiger partial charge in [-0.15, -0.1) is 5.10 Å². The molecule has 3 amide bonds. The molecule has 0 radical (unpaired) electrons. The molecule has 19 heavy (non-hydrogen) atoms. The van der Waals surface area contributed by atoms with Crippen molar-refractivity contribution in [2.45, 2.75) is 18.3 Å². The van der Waals surface area contributed by atoms with Crippen LogP contribution in [0.15, 0.2) is 5.16 Å². The molecular weight excluding hydrogens is 287 g/mol. The quantitative estimate of drug-likeness (QED) is 0.706. The second-order valence-electron chi connectivity index (χ2n) is 3.34. The number of imide groups is 1. The molecule has 106 valence electrons. The van der Waals surface area contributed by atoms with Crippen molar-refractivity contribution in [3.63, 3.8) is 0 Å². The molecule has 1 aromatic heterocycles. The number of urea groups is 1. The lowest BCUT2D eigenvalue weighted by molar-refractivity contribution is -0.124. The van der Waals surface area contributed by atoms with E-state index in [4.69, 9.17) is 0 Å². The van der Waals surface area contributed by atoms with Crippen molar-refractivity contribution in [3.8, 4) is 0 Å². The van der Waals surface area contributed by atoms with Crippen LogP contribution in [0.25, 0.3) is 0 Å². The fourth-order valence-electron chi connectivity index (χ4n) is 0.904. The number of H-pyrrole nitrogens is 1. The van der Waals surface area contributed by atoms with Crippen LogP contribution in [0.4, 0.5) is 18.0 Å². The molecule has 1 rings (SSSR count). The SMILES string of the molecule is Cc1nc(SCC(=O)NC(=O)NCC(F)(F)F)n[nH]1. The van der Waals surface area contributed by atoms with Gasteiger partial charge in [0.05, 0.1) is 5.75 Å². The average molecular weight is 297 g/mol. The molecule has 0 aromatic carbocycles. The Labute approximate surface area is 109 Å². The summed E-state index contributed by atoms with van der Waals surface area (Å²) in [6.45, 7) is 0.168. The number of alkyl halides is 3. The number of hydrogen-bond acceptors (Lipinski definition) is 5. The molecule has 11 heteroatoms. The number of rotatable bonds is 4. The van der Waals surface area contributed by atoms with Crippen molar-refractivity contribution in [1.82, 2.24) is 25.8 Å². The molecule has 7 nitrogen and oxygen atoms in total. The summed E-state index contributed by atoms with van der Waals surface area (Å²) in [5.74, 6) is -0.366. The number of nitrogens with zero attached hydrogens (tertiary/aromatic N) is 2. The summed E-state index contributed by atoms with van der Waals surface area (Å²) >= 11 is 0.947. The fourth-order valence-corrected chi connectivity index (χ4v) is 1.55. The van der Waals surface area contributed by atoms with Gasteiger partial charge in [-0.05, 0) is 6.92 Å². The van der Waals surface area contributed by atoms with Gasteiger partial charge in [-0.25, -0.2) is 9.78 Å². The lowest BCUT2D eigenvalue weighted by Crippen LogP contribution is -2.43. The van der Waals surface area contributed by atoms with E-state index < -0.39 is 24.7 Å². The zero-order valence-corrected chi connectivity index (χ0v) is 10.5. The molecule has 0 saturated heterocycles. The fraction of sp³-hybridized carbons (Fsp3) is 0.500. The van der Waals surface area contributed by atoms with Crippen molar-refractivity contribution < 1.29 is 22.8 Å². The van der Waals surface area contributed by atoms with E-state index in [2.05, 4.69) is 15.2 Å². The van der Waals surface area contributed by atoms with Gasteiger partial charge in [-0.3, -0.25) is 15.2 Å². The van der Waals surface area contributed by atoms with Gasteiger partial charge < -0.3 is 5.32 Å². The second-order valence-corrected chi connectivity index (χ2v) is 4.28. The smallest absolute Gasteiger partial charge is 0.329 e. The Kier molecular flexibility index (Phi) is 5.15. The van der Waals surface area contributed by atoms with Gasteiger partial charge >= 0.3 is 12.2 Å². The Morgan fingerprint density at radius 3 is 2.63 bits per heavy atom. The molecular formula is C8H10F3N5O2S. The Morgan fingerprint density at radius 2 is 2.11 bits per heavy atom. The van der Waals surface area contributed by atoms with Gasteiger partial charge in [-0.2, -0.15) is 13.2 Å². The third-order valence-corrected chi connectivity index (χ3v) is 2.46. The molecule has 0 saturated carbocycles. The summed E-state index contributed by atoms with van der Waals surface area (Å²) in [5.41, 5.74) is 0. The molecule has 3 N–H and O–H groups in total. The molecule has 0 aliphatic rings. The van der Waals surface area contributed by atoms with E-state index in [1.54, 1.807) is 12.2 Å². The maximum absolute atomic E-state index is 11.8. The number of carbonyl (C=O) groups excluding carboxylic acids is 2. The number of aryl methyl sites for hydroxylation is 1. The van der Waals surface area contributed by atoms with Crippen LogP contribution in [0.1, 0.15) is 5.82 Å². The minimum absolute atomic E-state index is 0.184. The van der Waals surface area contributed by atoms with E-state index in [1.165, 1.54) is 5.32 Å². The number of thioether (sulfide) groups is 1. The molecule has 0 aliphatic carbocycles. The number of carbonyl (C=O) groups is 2. The van der Waals surface area contributed by atoms with Gasteiger partial charge in [0, 0.05) is 0 Å². The van der Waals surface area contributed by atoms with E-state index in [0.29, 0.717) is 11.0 Å². The molecule has 0 spiro atoms. The van der Waals surface area contributed by atoms with Crippen LogP contribution in [0.2, 0.25) is 0 Å². The largest absolute Gasteiger partial charge is 0.405 e. The number of nitrogens with one attached hydrogen (secondary N) is 3. The lowest BCUT2D eigenvalue weighted by Gasteiger charge is -2.08. The highest BCUT2D eigenvalue weighted by atomic mass is 32.2. The normalized spacial score (nSPS) is 11.2. The third-order valence-electron chi connectivity index (χ3n) is 1.61. The number of halogens is 3. The highest BCUT2D eigenvalue weighted by Gasteiger charge is 2.27. The lowest BCUT2D eigenvalue weighted by atomic mass is 10.6. The molecule has 0 unspecified atom stereocenters. The molecule has 0 atom stereocenters. The monoisotopic (exact) mass is 297 g/mol. The van der Waals surface area contributed by atoms with Crippen LogP contribution in [0.3, 0.4) is 0 Å². The van der Waals surface area contributed by atoms with Gasteiger partial charge in [0.25, 0.3) is 0 Å². The first-order valence-corrected chi connectivity index (χ1v) is 5.91. The van der Waals surface area contributed by atoms with Crippen molar-refractivity contribution in [2.75, 3.05) is 12.3 Å². The summed E-state index contributed by atoms with van der Waals surface area (Å²) in [6.07, 6.45) is -4.52. The topological polar surface area (TPSA) is 99.8 Å². The van der Waals surface area contributed by atoms with Crippen LogP contribution in [-0.2, 0) is 4.79 Å². The Morgan fingerprint density at radius 1 is 1.42 bits per heavy atom. The van der Waals surface area contributed by atoms with Gasteiger partial charge in [0.2, 0.25) is 11.1 Å². The van der Waals surface area contributed by atoms with Crippen molar-refractivity contribution in [2.24, 2.45) is 0 Å². The van der Waals surface area contributed by atoms with Crippen LogP contribution in [-0.4, -0.2) is 45.6 Å². The van der Waals surface area contributed by atoms with E-state index in [9.17, 15) is 22.8 Å². The van der Waals surface area contributed by atoms with Crippen LogP contribution in [0.5, 0.6) is 0 Å². The van der Waals surface area contributed by atoms with E-state index in [-0.39, 0.29) is 5.75 Å². The van der Waals surface area contributed by atoms with Gasteiger partial charge in [0.1, 0.15) is 12.4 Å². The summed E-state index contributed by atoms with van der Waals surface area (Å²) < 4.78 is 35.3. The zero-order valence-electron chi connectivity index (χ0n) is 9.67. The van der Waals surface area contributed by atoms with Crippen molar-refractivity contribution >= 4 is 23.7 Å². The Hall–Kier alpha value is -1.78. The third kappa shape index (κ3) is 6.64. The average Bonchev–Trinajstić information content (AvgIpc) is 2.69. The summed E-state index contributed by atoms with van der Waals surface area (Å²) in [4.78, 5) is 26.0. The highest BCUT2D eigenvalue weighted by molar-refractivity contribution is 7.99. The number of amides is 3. The molecule has 1 heterocycles. The minimum Gasteiger partial charge on any atom is -0.329 e. The predicted molar refractivity (Wildman–Crippen MR) is 59.4 cm³/mol. The predicted octanol–water partition coefficient (Wildman–Crippen LogP) is 0.593. The standard InChI is InChI=1S/C8H10F3N5O2S/c1-4-13-7(16-15-4)19-2-5(17)14-6(18)12-3-8(9,10)11/h2-3H2,1H3,(H,13,15,16)(H2,12,14,17,18). The first-order chi connectivity index (χ1) is 8.76. The summed E-state index contributed by atoms with van der Waals surface area (Å²) in [6, 6.07) is -1.20. The maximum Gasteiger partial charge on any atom is 0.405 e. The highest BCUT2D eigenvalue weighted by Crippen LogP contribution is 2.12. The summed E-state index contributed by atoms with van der Waals surface area (Å²) in [5, 5.41) is 9.86. The van der Waals surface area contributed by atoms with Crippen LogP contribution < -0.4 is 10.6 Å². The van der Waals surface area contributed by atoms with Crippen molar-refractivity contribution in [3.05, 3.63) is 5.82 Å². The van der Waals surface area contributed by atoms with E-state index in [1.807, 2.05) is 0 Å². The molecule has 1 aromatic rings. The number of aromatic nitrogens is 3. The van der Waals surface area contributed by atoms with Crippen LogP contribution in [0, 0.1) is 6.92 Å². The number of aromatic amines is 1. The summed E-state index contributed by atoms with van der Waals surface area (Å²) in [7, 11) is 0. The van der Waals surface area contributed by atoms with Crippen molar-refractivity contribution in [1.29, 1.82) is 0 Å². The van der Waals surface area contributed by atoms with E-state index >= 15 is 0 Å².